The van der Waals surface area contributed by atoms with Crippen LogP contribution in [0.2, 0.25) is 0 Å². The first-order chi connectivity index (χ1) is 15.1. The number of nitrogens with one attached hydrogen (secondary N) is 1. The topological polar surface area (TPSA) is 85.6 Å². The lowest BCUT2D eigenvalue weighted by molar-refractivity contribution is 0.0949. The number of rotatable bonds is 6. The molecule has 0 saturated heterocycles. The molecule has 7 nitrogen and oxygen atoms in total. The number of amides is 1. The van der Waals surface area contributed by atoms with Gasteiger partial charge in [-0.25, -0.2) is 10.1 Å². The molecule has 4 aromatic rings. The molecular formula is C24H22N4O3. The number of hydrazone groups is 1. The molecule has 0 saturated carbocycles. The molecule has 1 heterocycles. The number of nitrogens with zero attached hydrogens (tertiary/aromatic N) is 3. The second-order valence-electron chi connectivity index (χ2n) is 6.85. The largest absolute Gasteiger partial charge is 0.493 e. The van der Waals surface area contributed by atoms with Crippen molar-refractivity contribution in [2.24, 2.45) is 5.10 Å². The second kappa shape index (κ2) is 8.79. The zero-order valence-corrected chi connectivity index (χ0v) is 17.3. The highest BCUT2D eigenvalue weighted by Crippen LogP contribution is 2.26. The van der Waals surface area contributed by atoms with Crippen molar-refractivity contribution in [1.29, 1.82) is 0 Å². The van der Waals surface area contributed by atoms with Crippen LogP contribution in [0.5, 0.6) is 5.75 Å². The smallest absolute Gasteiger partial charge is 0.292 e. The SMILES string of the molecule is CCOc1ccc2ccccc2c1/C=N\NC(=O)c1nn(CC)c(=O)c2ccccc12. The van der Waals surface area contributed by atoms with Crippen LogP contribution in [0.3, 0.4) is 0 Å². The van der Waals surface area contributed by atoms with E-state index in [-0.39, 0.29) is 11.3 Å². The fraction of sp³-hybridized carbons (Fsp3) is 0.167. The van der Waals surface area contributed by atoms with Crippen molar-refractivity contribution >= 4 is 33.7 Å². The van der Waals surface area contributed by atoms with Crippen LogP contribution in [0.4, 0.5) is 0 Å². The highest BCUT2D eigenvalue weighted by atomic mass is 16.5. The van der Waals surface area contributed by atoms with Gasteiger partial charge < -0.3 is 4.74 Å². The molecular weight excluding hydrogens is 392 g/mol. The Morgan fingerprint density at radius 2 is 1.74 bits per heavy atom. The number of carbonyl (C=O) groups excluding carboxylic acids is 1. The molecule has 7 heteroatoms. The quantitative estimate of drug-likeness (QED) is 0.385. The molecule has 1 aromatic heterocycles. The Labute approximate surface area is 179 Å². The molecule has 0 radical (unpaired) electrons. The van der Waals surface area contributed by atoms with E-state index < -0.39 is 5.91 Å². The van der Waals surface area contributed by atoms with Crippen molar-refractivity contribution in [2.45, 2.75) is 20.4 Å². The molecule has 0 aliphatic heterocycles. The van der Waals surface area contributed by atoms with Crippen molar-refractivity contribution in [3.05, 3.63) is 82.3 Å². The molecule has 0 aliphatic rings. The average molecular weight is 414 g/mol. The lowest BCUT2D eigenvalue weighted by atomic mass is 10.0. The Morgan fingerprint density at radius 3 is 2.48 bits per heavy atom. The maximum Gasteiger partial charge on any atom is 0.292 e. The summed E-state index contributed by atoms with van der Waals surface area (Å²) in [5.41, 5.74) is 3.24. The lowest BCUT2D eigenvalue weighted by Crippen LogP contribution is -2.28. The fourth-order valence-corrected chi connectivity index (χ4v) is 3.52. The van der Waals surface area contributed by atoms with E-state index in [2.05, 4.69) is 15.6 Å². The van der Waals surface area contributed by atoms with Crippen molar-refractivity contribution < 1.29 is 9.53 Å². The molecule has 1 amide bonds. The highest BCUT2D eigenvalue weighted by Gasteiger charge is 2.16. The van der Waals surface area contributed by atoms with E-state index in [0.29, 0.717) is 29.7 Å². The predicted octanol–water partition coefficient (Wildman–Crippen LogP) is 3.73. The van der Waals surface area contributed by atoms with E-state index in [0.717, 1.165) is 16.3 Å². The van der Waals surface area contributed by atoms with Gasteiger partial charge in [-0.2, -0.15) is 10.2 Å². The maximum absolute atomic E-state index is 12.9. The molecule has 0 spiro atoms. The highest BCUT2D eigenvalue weighted by molar-refractivity contribution is 6.06. The minimum absolute atomic E-state index is 0.150. The minimum Gasteiger partial charge on any atom is -0.493 e. The molecule has 4 rings (SSSR count). The molecule has 0 fully saturated rings. The lowest BCUT2D eigenvalue weighted by Gasteiger charge is -2.10. The van der Waals surface area contributed by atoms with Gasteiger partial charge in [-0.1, -0.05) is 48.5 Å². The van der Waals surface area contributed by atoms with Gasteiger partial charge >= 0.3 is 0 Å². The number of benzene rings is 3. The van der Waals surface area contributed by atoms with E-state index in [1.807, 2.05) is 43.3 Å². The van der Waals surface area contributed by atoms with E-state index in [1.54, 1.807) is 37.4 Å². The summed E-state index contributed by atoms with van der Waals surface area (Å²) in [7, 11) is 0. The first kappa shape index (κ1) is 20.3. The number of carbonyl (C=O) groups is 1. The molecule has 1 N–H and O–H groups in total. The first-order valence-corrected chi connectivity index (χ1v) is 10.1. The molecule has 0 atom stereocenters. The Morgan fingerprint density at radius 1 is 1.03 bits per heavy atom. The van der Waals surface area contributed by atoms with E-state index in [1.165, 1.54) is 4.68 Å². The molecule has 31 heavy (non-hydrogen) atoms. The van der Waals surface area contributed by atoms with Crippen molar-refractivity contribution in [1.82, 2.24) is 15.2 Å². The number of aryl methyl sites for hydroxylation is 1. The number of ether oxygens (including phenoxy) is 1. The van der Waals surface area contributed by atoms with Crippen LogP contribution in [0, 0.1) is 0 Å². The summed E-state index contributed by atoms with van der Waals surface area (Å²) >= 11 is 0. The minimum atomic E-state index is -0.493. The van der Waals surface area contributed by atoms with Gasteiger partial charge in [0.15, 0.2) is 5.69 Å². The molecule has 0 unspecified atom stereocenters. The van der Waals surface area contributed by atoms with Crippen LogP contribution in [-0.2, 0) is 6.54 Å². The maximum atomic E-state index is 12.9. The fourth-order valence-electron chi connectivity index (χ4n) is 3.52. The number of hydrogen-bond donors (Lipinski definition) is 1. The zero-order chi connectivity index (χ0) is 21.8. The Kier molecular flexibility index (Phi) is 5.75. The Hall–Kier alpha value is -4.00. The molecule has 0 bridgehead atoms. The van der Waals surface area contributed by atoms with E-state index in [9.17, 15) is 9.59 Å². The van der Waals surface area contributed by atoms with Gasteiger partial charge in [-0.15, -0.1) is 0 Å². The summed E-state index contributed by atoms with van der Waals surface area (Å²) in [6.07, 6.45) is 1.57. The van der Waals surface area contributed by atoms with Crippen LogP contribution >= 0.6 is 0 Å². The zero-order valence-electron chi connectivity index (χ0n) is 17.3. The third-order valence-corrected chi connectivity index (χ3v) is 4.97. The summed E-state index contributed by atoms with van der Waals surface area (Å²) in [5.74, 6) is 0.190. The standard InChI is InChI=1S/C24H22N4O3/c1-3-28-24(30)19-12-8-7-11-18(19)22(27-28)23(29)26-25-15-20-17-10-6-5-9-16(17)13-14-21(20)31-4-2/h5-15H,3-4H2,1-2H3,(H,26,29)/b25-15-. The van der Waals surface area contributed by atoms with Gasteiger partial charge in [0, 0.05) is 17.5 Å². The van der Waals surface area contributed by atoms with Gasteiger partial charge in [0.1, 0.15) is 5.75 Å². The van der Waals surface area contributed by atoms with E-state index in [4.69, 9.17) is 4.74 Å². The average Bonchev–Trinajstić information content (AvgIpc) is 2.80. The van der Waals surface area contributed by atoms with Crippen molar-refractivity contribution in [3.8, 4) is 5.75 Å². The number of hydrogen-bond acceptors (Lipinski definition) is 5. The first-order valence-electron chi connectivity index (χ1n) is 10.1. The normalized spacial score (nSPS) is 11.3. The van der Waals surface area contributed by atoms with Crippen LogP contribution in [-0.4, -0.2) is 28.5 Å². The summed E-state index contributed by atoms with van der Waals surface area (Å²) < 4.78 is 7.01. The molecule has 3 aromatic carbocycles. The van der Waals surface area contributed by atoms with E-state index >= 15 is 0 Å². The van der Waals surface area contributed by atoms with Gasteiger partial charge in [0.05, 0.1) is 18.2 Å². The third-order valence-electron chi connectivity index (χ3n) is 4.97. The van der Waals surface area contributed by atoms with Crippen molar-refractivity contribution in [3.63, 3.8) is 0 Å². The van der Waals surface area contributed by atoms with Crippen LogP contribution in [0.15, 0.2) is 70.6 Å². The summed E-state index contributed by atoms with van der Waals surface area (Å²) in [6, 6.07) is 18.7. The predicted molar refractivity (Wildman–Crippen MR) is 122 cm³/mol. The second-order valence-corrected chi connectivity index (χ2v) is 6.85. The number of fused-ring (bicyclic) bond motifs is 2. The third kappa shape index (κ3) is 3.90. The summed E-state index contributed by atoms with van der Waals surface area (Å²) in [4.78, 5) is 25.4. The Bertz CT molecular complexity index is 1360. The Balaban J connectivity index is 1.70. The van der Waals surface area contributed by atoms with Crippen molar-refractivity contribution in [2.75, 3.05) is 6.61 Å². The monoisotopic (exact) mass is 414 g/mol. The van der Waals surface area contributed by atoms with Crippen LogP contribution in [0.1, 0.15) is 29.9 Å². The summed E-state index contributed by atoms with van der Waals surface area (Å²) in [5, 5.41) is 11.3. The van der Waals surface area contributed by atoms with Crippen LogP contribution < -0.4 is 15.7 Å². The summed E-state index contributed by atoms with van der Waals surface area (Å²) in [6.45, 7) is 4.59. The van der Waals surface area contributed by atoms with Gasteiger partial charge in [-0.05, 0) is 36.8 Å². The van der Waals surface area contributed by atoms with Gasteiger partial charge in [0.2, 0.25) is 0 Å². The van der Waals surface area contributed by atoms with Gasteiger partial charge in [-0.3, -0.25) is 9.59 Å². The van der Waals surface area contributed by atoms with Crippen LogP contribution in [0.25, 0.3) is 21.5 Å². The molecule has 156 valence electrons. The van der Waals surface area contributed by atoms with Gasteiger partial charge in [0.25, 0.3) is 11.5 Å². The molecule has 0 aliphatic carbocycles. The number of aromatic nitrogens is 2.